The summed E-state index contributed by atoms with van der Waals surface area (Å²) in [5.74, 6) is 1.00. The molecular weight excluding hydrogens is 204 g/mol. The van der Waals surface area contributed by atoms with Crippen molar-refractivity contribution in [2.24, 2.45) is 0 Å². The summed E-state index contributed by atoms with van der Waals surface area (Å²) in [6.07, 6.45) is 0. The first-order valence-corrected chi connectivity index (χ1v) is 5.53. The number of rotatable bonds is 4. The van der Waals surface area contributed by atoms with Crippen LogP contribution in [0.3, 0.4) is 0 Å². The molecule has 1 rings (SSSR count). The zero-order chi connectivity index (χ0) is 12.3. The van der Waals surface area contributed by atoms with Crippen molar-refractivity contribution in [2.75, 3.05) is 5.73 Å². The summed E-state index contributed by atoms with van der Waals surface area (Å²) in [5.41, 5.74) is 6.20. The molecule has 1 aromatic heterocycles. The topological polar surface area (TPSA) is 83.8 Å². The Bertz CT molecular complexity index is 409. The molecule has 4 N–H and O–H groups in total. The molecule has 0 radical (unpaired) electrons. The number of nitrogens with zero attached hydrogens (tertiary/aromatic N) is 1. The average molecular weight is 224 g/mol. The highest BCUT2D eigenvalue weighted by Gasteiger charge is 2.12. The fraction of sp³-hybridized carbons (Fsp3) is 0.636. The number of aromatic nitrogens is 2. The maximum atomic E-state index is 11.7. The maximum absolute atomic E-state index is 11.7. The standard InChI is InChI=1S/C11H20N4O/c1-6(2)9-10(12)14-8(15-11(9)16)5-13-7(3)4/h6-7,13H,5H2,1-4H3,(H3,12,14,15,16). The van der Waals surface area contributed by atoms with Crippen molar-refractivity contribution >= 4 is 5.82 Å². The number of anilines is 1. The summed E-state index contributed by atoms with van der Waals surface area (Å²) >= 11 is 0. The molecule has 0 unspecified atom stereocenters. The molecule has 0 saturated carbocycles. The van der Waals surface area contributed by atoms with Crippen molar-refractivity contribution in [1.82, 2.24) is 15.3 Å². The van der Waals surface area contributed by atoms with Gasteiger partial charge in [0, 0.05) is 6.04 Å². The van der Waals surface area contributed by atoms with Crippen LogP contribution in [-0.2, 0) is 6.54 Å². The zero-order valence-corrected chi connectivity index (χ0v) is 10.3. The molecule has 0 aromatic carbocycles. The highest BCUT2D eigenvalue weighted by molar-refractivity contribution is 5.39. The van der Waals surface area contributed by atoms with E-state index in [1.807, 2.05) is 27.7 Å². The molecular formula is C11H20N4O. The van der Waals surface area contributed by atoms with Crippen LogP contribution in [0.1, 0.15) is 45.0 Å². The van der Waals surface area contributed by atoms with E-state index in [2.05, 4.69) is 15.3 Å². The second-order valence-electron chi connectivity index (χ2n) is 4.50. The zero-order valence-electron chi connectivity index (χ0n) is 10.3. The minimum atomic E-state index is -0.136. The number of hydrogen-bond acceptors (Lipinski definition) is 4. The van der Waals surface area contributed by atoms with E-state index in [4.69, 9.17) is 5.73 Å². The molecule has 0 aliphatic heterocycles. The Morgan fingerprint density at radius 1 is 1.38 bits per heavy atom. The minimum absolute atomic E-state index is 0.0864. The molecule has 0 bridgehead atoms. The van der Waals surface area contributed by atoms with E-state index in [0.29, 0.717) is 29.8 Å². The lowest BCUT2D eigenvalue weighted by atomic mass is 10.1. The predicted octanol–water partition coefficient (Wildman–Crippen LogP) is 0.973. The van der Waals surface area contributed by atoms with Crippen molar-refractivity contribution in [3.05, 3.63) is 21.7 Å². The van der Waals surface area contributed by atoms with E-state index in [0.717, 1.165) is 0 Å². The summed E-state index contributed by atoms with van der Waals surface area (Å²) in [4.78, 5) is 18.7. The van der Waals surface area contributed by atoms with Gasteiger partial charge in [-0.15, -0.1) is 0 Å². The van der Waals surface area contributed by atoms with Gasteiger partial charge in [-0.1, -0.05) is 27.7 Å². The van der Waals surface area contributed by atoms with Crippen LogP contribution >= 0.6 is 0 Å². The Morgan fingerprint density at radius 3 is 2.44 bits per heavy atom. The second kappa shape index (κ2) is 5.12. The Balaban J connectivity index is 2.96. The molecule has 1 heterocycles. The molecule has 0 saturated heterocycles. The fourth-order valence-electron chi connectivity index (χ4n) is 1.49. The lowest BCUT2D eigenvalue weighted by Crippen LogP contribution is -2.27. The molecule has 0 aliphatic carbocycles. The number of H-pyrrole nitrogens is 1. The third-order valence-corrected chi connectivity index (χ3v) is 2.29. The Hall–Kier alpha value is -1.36. The Labute approximate surface area is 95.5 Å². The van der Waals surface area contributed by atoms with Gasteiger partial charge < -0.3 is 16.0 Å². The monoisotopic (exact) mass is 224 g/mol. The third-order valence-electron chi connectivity index (χ3n) is 2.29. The van der Waals surface area contributed by atoms with Gasteiger partial charge in [0.2, 0.25) is 0 Å². The predicted molar refractivity (Wildman–Crippen MR) is 65.3 cm³/mol. The third kappa shape index (κ3) is 3.06. The summed E-state index contributed by atoms with van der Waals surface area (Å²) in [5, 5.41) is 3.18. The molecule has 5 heteroatoms. The van der Waals surface area contributed by atoms with Crippen molar-refractivity contribution < 1.29 is 0 Å². The summed E-state index contributed by atoms with van der Waals surface area (Å²) < 4.78 is 0. The molecule has 0 aliphatic rings. The van der Waals surface area contributed by atoms with Gasteiger partial charge in [-0.05, 0) is 5.92 Å². The molecule has 90 valence electrons. The maximum Gasteiger partial charge on any atom is 0.256 e. The summed E-state index contributed by atoms with van der Waals surface area (Å²) in [7, 11) is 0. The number of nitrogen functional groups attached to an aromatic ring is 1. The van der Waals surface area contributed by atoms with Crippen LogP contribution in [0, 0.1) is 0 Å². The van der Waals surface area contributed by atoms with Crippen LogP contribution in [0.15, 0.2) is 4.79 Å². The van der Waals surface area contributed by atoms with Gasteiger partial charge in [-0.2, -0.15) is 0 Å². The van der Waals surface area contributed by atoms with Gasteiger partial charge in [-0.25, -0.2) is 4.98 Å². The minimum Gasteiger partial charge on any atom is -0.383 e. The van der Waals surface area contributed by atoms with E-state index in [1.165, 1.54) is 0 Å². The van der Waals surface area contributed by atoms with Crippen LogP contribution in [0.2, 0.25) is 0 Å². The van der Waals surface area contributed by atoms with Crippen LogP contribution in [0.4, 0.5) is 5.82 Å². The molecule has 0 atom stereocenters. The van der Waals surface area contributed by atoms with Crippen molar-refractivity contribution in [2.45, 2.75) is 46.2 Å². The van der Waals surface area contributed by atoms with Crippen molar-refractivity contribution in [3.8, 4) is 0 Å². The molecule has 0 amide bonds. The number of nitrogens with two attached hydrogens (primary N) is 1. The molecule has 16 heavy (non-hydrogen) atoms. The summed E-state index contributed by atoms with van der Waals surface area (Å²) in [6, 6.07) is 0.344. The van der Waals surface area contributed by atoms with Gasteiger partial charge in [0.1, 0.15) is 11.6 Å². The van der Waals surface area contributed by atoms with E-state index in [1.54, 1.807) is 0 Å². The normalized spacial score (nSPS) is 11.4. The second-order valence-corrected chi connectivity index (χ2v) is 4.50. The lowest BCUT2D eigenvalue weighted by molar-refractivity contribution is 0.570. The van der Waals surface area contributed by atoms with Crippen LogP contribution in [0.25, 0.3) is 0 Å². The first-order valence-electron chi connectivity index (χ1n) is 5.53. The summed E-state index contributed by atoms with van der Waals surface area (Å²) in [6.45, 7) is 8.44. The number of nitrogens with one attached hydrogen (secondary N) is 2. The molecule has 0 fully saturated rings. The highest BCUT2D eigenvalue weighted by atomic mass is 16.1. The average Bonchev–Trinajstić information content (AvgIpc) is 2.12. The van der Waals surface area contributed by atoms with E-state index in [9.17, 15) is 4.79 Å². The quantitative estimate of drug-likeness (QED) is 0.711. The largest absolute Gasteiger partial charge is 0.383 e. The van der Waals surface area contributed by atoms with Gasteiger partial charge >= 0.3 is 0 Å². The molecule has 5 nitrogen and oxygen atoms in total. The fourth-order valence-corrected chi connectivity index (χ4v) is 1.49. The molecule has 0 spiro atoms. The first kappa shape index (κ1) is 12.7. The van der Waals surface area contributed by atoms with Gasteiger partial charge in [0.25, 0.3) is 5.56 Å². The van der Waals surface area contributed by atoms with Crippen LogP contribution < -0.4 is 16.6 Å². The number of hydrogen-bond donors (Lipinski definition) is 3. The molecule has 1 aromatic rings. The van der Waals surface area contributed by atoms with Crippen LogP contribution in [-0.4, -0.2) is 16.0 Å². The highest BCUT2D eigenvalue weighted by Crippen LogP contribution is 2.14. The van der Waals surface area contributed by atoms with Crippen molar-refractivity contribution in [3.63, 3.8) is 0 Å². The lowest BCUT2D eigenvalue weighted by Gasteiger charge is -2.11. The van der Waals surface area contributed by atoms with E-state index in [-0.39, 0.29) is 11.5 Å². The van der Waals surface area contributed by atoms with Crippen molar-refractivity contribution in [1.29, 1.82) is 0 Å². The van der Waals surface area contributed by atoms with Crippen LogP contribution in [0.5, 0.6) is 0 Å². The van der Waals surface area contributed by atoms with Gasteiger partial charge in [0.15, 0.2) is 0 Å². The SMILES string of the molecule is CC(C)NCc1nc(N)c(C(C)C)c(=O)[nH]1. The van der Waals surface area contributed by atoms with E-state index < -0.39 is 0 Å². The Morgan fingerprint density at radius 2 is 2.00 bits per heavy atom. The number of aromatic amines is 1. The van der Waals surface area contributed by atoms with E-state index >= 15 is 0 Å². The first-order chi connectivity index (χ1) is 7.41. The smallest absolute Gasteiger partial charge is 0.256 e. The Kier molecular flexibility index (Phi) is 4.06. The van der Waals surface area contributed by atoms with Gasteiger partial charge in [-0.3, -0.25) is 4.79 Å². The van der Waals surface area contributed by atoms with Gasteiger partial charge in [0.05, 0.1) is 12.1 Å².